The van der Waals surface area contributed by atoms with Gasteiger partial charge in [-0.05, 0) is 42.7 Å². The maximum atomic E-state index is 13.4. The van der Waals surface area contributed by atoms with Crippen LogP contribution < -0.4 is 5.32 Å². The van der Waals surface area contributed by atoms with Crippen LogP contribution in [0, 0.1) is 12.7 Å². The van der Waals surface area contributed by atoms with Crippen molar-refractivity contribution in [2.75, 3.05) is 25.0 Å². The van der Waals surface area contributed by atoms with Gasteiger partial charge >= 0.3 is 0 Å². The largest absolute Gasteiger partial charge is 0.325 e. The van der Waals surface area contributed by atoms with Crippen LogP contribution >= 0.6 is 11.6 Å². The van der Waals surface area contributed by atoms with E-state index in [-0.39, 0.29) is 19.6 Å². The van der Waals surface area contributed by atoms with Crippen LogP contribution in [-0.4, -0.2) is 42.6 Å². The molecule has 1 fully saturated rings. The molecule has 0 aromatic heterocycles. The number of rotatable bonds is 5. The minimum atomic E-state index is -3.81. The number of hydrogen-bond acceptors (Lipinski definition) is 3. The standard InChI is InChI=1S/C19H21ClFN3O3S/c1-14-7-8-16(21)11-18(14)22-19(25)13-24-10-4-9-23(28(24,26)27)12-15-5-2-3-6-17(15)20/h2-3,5-8,11H,4,9-10,12-13H2,1H3,(H,22,25). The van der Waals surface area contributed by atoms with Crippen molar-refractivity contribution in [3.63, 3.8) is 0 Å². The fraction of sp³-hybridized carbons (Fsp3) is 0.316. The number of carbonyl (C=O) groups excluding carboxylic acids is 1. The fourth-order valence-electron chi connectivity index (χ4n) is 3.03. The summed E-state index contributed by atoms with van der Waals surface area (Å²) in [4.78, 5) is 12.4. The van der Waals surface area contributed by atoms with Crippen molar-refractivity contribution in [2.45, 2.75) is 19.9 Å². The van der Waals surface area contributed by atoms with Gasteiger partial charge in [0.15, 0.2) is 0 Å². The van der Waals surface area contributed by atoms with Gasteiger partial charge in [-0.15, -0.1) is 0 Å². The van der Waals surface area contributed by atoms with Crippen molar-refractivity contribution in [1.82, 2.24) is 8.61 Å². The molecule has 1 saturated heterocycles. The highest BCUT2D eigenvalue weighted by Crippen LogP contribution is 2.23. The summed E-state index contributed by atoms with van der Waals surface area (Å²) in [5.41, 5.74) is 1.72. The topological polar surface area (TPSA) is 69.7 Å². The van der Waals surface area contributed by atoms with Gasteiger partial charge in [0.1, 0.15) is 5.82 Å². The molecule has 0 saturated carbocycles. The zero-order valence-corrected chi connectivity index (χ0v) is 16.9. The van der Waals surface area contributed by atoms with E-state index in [4.69, 9.17) is 11.6 Å². The van der Waals surface area contributed by atoms with Gasteiger partial charge in [0.2, 0.25) is 5.91 Å². The average Bonchev–Trinajstić information content (AvgIpc) is 2.63. The maximum Gasteiger partial charge on any atom is 0.282 e. The molecule has 28 heavy (non-hydrogen) atoms. The van der Waals surface area contributed by atoms with Crippen LogP contribution in [0.4, 0.5) is 10.1 Å². The third-order valence-corrected chi connectivity index (χ3v) is 6.86. The van der Waals surface area contributed by atoms with Crippen LogP contribution in [0.5, 0.6) is 0 Å². The lowest BCUT2D eigenvalue weighted by Crippen LogP contribution is -2.51. The monoisotopic (exact) mass is 425 g/mol. The Bertz CT molecular complexity index is 984. The summed E-state index contributed by atoms with van der Waals surface area (Å²) in [5.74, 6) is -0.991. The SMILES string of the molecule is Cc1ccc(F)cc1NC(=O)CN1CCCN(Cc2ccccc2Cl)S1(=O)=O. The number of carbonyl (C=O) groups is 1. The summed E-state index contributed by atoms with van der Waals surface area (Å²) < 4.78 is 41.7. The summed E-state index contributed by atoms with van der Waals surface area (Å²) >= 11 is 6.15. The second kappa shape index (κ2) is 8.57. The number of aryl methyl sites for hydroxylation is 1. The van der Waals surface area contributed by atoms with Gasteiger partial charge in [-0.2, -0.15) is 17.0 Å². The number of benzene rings is 2. The van der Waals surface area contributed by atoms with E-state index in [0.29, 0.717) is 34.8 Å². The van der Waals surface area contributed by atoms with Gasteiger partial charge in [-0.25, -0.2) is 4.39 Å². The fourth-order valence-corrected chi connectivity index (χ4v) is 4.86. The van der Waals surface area contributed by atoms with Gasteiger partial charge in [0.05, 0.1) is 6.54 Å². The lowest BCUT2D eigenvalue weighted by molar-refractivity contribution is -0.116. The maximum absolute atomic E-state index is 13.4. The van der Waals surface area contributed by atoms with Crippen LogP contribution in [0.15, 0.2) is 42.5 Å². The number of anilines is 1. The van der Waals surface area contributed by atoms with Crippen molar-refractivity contribution >= 4 is 33.4 Å². The Balaban J connectivity index is 1.70. The molecule has 0 aliphatic carbocycles. The number of halogens is 2. The van der Waals surface area contributed by atoms with Gasteiger partial charge in [-0.1, -0.05) is 35.9 Å². The van der Waals surface area contributed by atoms with Crippen molar-refractivity contribution < 1.29 is 17.6 Å². The Morgan fingerprint density at radius 3 is 2.64 bits per heavy atom. The van der Waals surface area contributed by atoms with E-state index in [1.165, 1.54) is 16.4 Å². The smallest absolute Gasteiger partial charge is 0.282 e. The molecule has 2 aromatic rings. The molecule has 1 aliphatic rings. The molecule has 0 spiro atoms. The van der Waals surface area contributed by atoms with Crippen LogP contribution in [0.2, 0.25) is 5.02 Å². The lowest BCUT2D eigenvalue weighted by Gasteiger charge is -2.34. The first kappa shape index (κ1) is 20.7. The zero-order chi connectivity index (χ0) is 20.3. The molecule has 0 atom stereocenters. The summed E-state index contributed by atoms with van der Waals surface area (Å²) in [7, 11) is -3.81. The van der Waals surface area contributed by atoms with E-state index >= 15 is 0 Å². The minimum Gasteiger partial charge on any atom is -0.325 e. The Hall–Kier alpha value is -2.00. The minimum absolute atomic E-state index is 0.142. The van der Waals surface area contributed by atoms with Crippen molar-refractivity contribution in [3.05, 3.63) is 64.4 Å². The quantitative estimate of drug-likeness (QED) is 0.799. The second-order valence-electron chi connectivity index (χ2n) is 6.63. The van der Waals surface area contributed by atoms with Crippen molar-refractivity contribution in [3.8, 4) is 0 Å². The summed E-state index contributed by atoms with van der Waals surface area (Å²) in [6, 6.07) is 11.1. The predicted octanol–water partition coefficient (Wildman–Crippen LogP) is 3.18. The molecule has 1 heterocycles. The van der Waals surface area contributed by atoms with Gasteiger partial charge in [0, 0.05) is 30.3 Å². The van der Waals surface area contributed by atoms with Gasteiger partial charge in [-0.3, -0.25) is 4.79 Å². The zero-order valence-electron chi connectivity index (χ0n) is 15.4. The highest BCUT2D eigenvalue weighted by atomic mass is 35.5. The van der Waals surface area contributed by atoms with Crippen molar-refractivity contribution in [1.29, 1.82) is 0 Å². The summed E-state index contributed by atoms with van der Waals surface area (Å²) in [5, 5.41) is 3.08. The first-order chi connectivity index (χ1) is 13.3. The molecule has 1 aliphatic heterocycles. The molecule has 9 heteroatoms. The van der Waals surface area contributed by atoms with Crippen molar-refractivity contribution in [2.24, 2.45) is 0 Å². The molecule has 0 bridgehead atoms. The van der Waals surface area contributed by atoms with Gasteiger partial charge < -0.3 is 5.32 Å². The molecule has 3 rings (SSSR count). The second-order valence-corrected chi connectivity index (χ2v) is 8.96. The number of nitrogens with zero attached hydrogens (tertiary/aromatic N) is 2. The van der Waals surface area contributed by atoms with Crippen LogP contribution in [0.3, 0.4) is 0 Å². The highest BCUT2D eigenvalue weighted by molar-refractivity contribution is 7.86. The Morgan fingerprint density at radius 1 is 1.18 bits per heavy atom. The van der Waals surface area contributed by atoms with Crippen LogP contribution in [0.1, 0.15) is 17.5 Å². The Morgan fingerprint density at radius 2 is 1.89 bits per heavy atom. The van der Waals surface area contributed by atoms with Crippen LogP contribution in [-0.2, 0) is 21.5 Å². The summed E-state index contributed by atoms with van der Waals surface area (Å²) in [6.07, 6.45) is 0.593. The first-order valence-corrected chi connectivity index (χ1v) is 10.6. The molecule has 150 valence electrons. The number of hydrogen-bond donors (Lipinski definition) is 1. The molecular weight excluding hydrogens is 405 g/mol. The predicted molar refractivity (Wildman–Crippen MR) is 107 cm³/mol. The molecule has 0 radical (unpaired) electrons. The molecule has 1 N–H and O–H groups in total. The third-order valence-electron chi connectivity index (χ3n) is 4.57. The van der Waals surface area contributed by atoms with Crippen LogP contribution in [0.25, 0.3) is 0 Å². The van der Waals surface area contributed by atoms with Gasteiger partial charge in [0.25, 0.3) is 10.2 Å². The third kappa shape index (κ3) is 4.70. The molecule has 6 nitrogen and oxygen atoms in total. The van der Waals surface area contributed by atoms with E-state index in [0.717, 1.165) is 4.31 Å². The molecule has 1 amide bonds. The summed E-state index contributed by atoms with van der Waals surface area (Å²) in [6.45, 7) is 2.14. The molecule has 2 aromatic carbocycles. The van der Waals surface area contributed by atoms with E-state index in [2.05, 4.69) is 5.32 Å². The number of nitrogens with one attached hydrogen (secondary N) is 1. The number of amides is 1. The Labute approximate surface area is 169 Å². The van der Waals surface area contributed by atoms with E-state index in [1.54, 1.807) is 37.3 Å². The highest BCUT2D eigenvalue weighted by Gasteiger charge is 2.35. The molecular formula is C19H21ClFN3O3S. The normalized spacial score (nSPS) is 17.4. The Kier molecular flexibility index (Phi) is 6.34. The molecule has 0 unspecified atom stereocenters. The van der Waals surface area contributed by atoms with E-state index in [1.807, 2.05) is 0 Å². The van der Waals surface area contributed by atoms with E-state index in [9.17, 15) is 17.6 Å². The lowest BCUT2D eigenvalue weighted by atomic mass is 10.2. The first-order valence-electron chi connectivity index (χ1n) is 8.82. The van der Waals surface area contributed by atoms with E-state index < -0.39 is 21.9 Å². The average molecular weight is 426 g/mol.